The lowest BCUT2D eigenvalue weighted by Crippen LogP contribution is -2.45. The Morgan fingerprint density at radius 2 is 1.95 bits per heavy atom. The van der Waals surface area contributed by atoms with Crippen molar-refractivity contribution >= 4 is 17.6 Å². The van der Waals surface area contributed by atoms with Gasteiger partial charge in [0.15, 0.2) is 11.5 Å². The van der Waals surface area contributed by atoms with Crippen molar-refractivity contribution in [3.63, 3.8) is 0 Å². The van der Waals surface area contributed by atoms with Crippen LogP contribution in [0.1, 0.15) is 57.4 Å². The van der Waals surface area contributed by atoms with E-state index in [1.807, 2.05) is 35.3 Å². The lowest BCUT2D eigenvalue weighted by Gasteiger charge is -2.30. The van der Waals surface area contributed by atoms with Crippen LogP contribution in [0.3, 0.4) is 0 Å². The van der Waals surface area contributed by atoms with Crippen molar-refractivity contribution in [3.8, 4) is 11.5 Å². The summed E-state index contributed by atoms with van der Waals surface area (Å²) in [5.41, 5.74) is 1.88. The van der Waals surface area contributed by atoms with Gasteiger partial charge in [-0.1, -0.05) is 38.5 Å². The van der Waals surface area contributed by atoms with Crippen molar-refractivity contribution in [2.24, 2.45) is 16.8 Å². The first-order chi connectivity index (χ1) is 18.9. The summed E-state index contributed by atoms with van der Waals surface area (Å²) in [5, 5.41) is 19.8. The van der Waals surface area contributed by atoms with Gasteiger partial charge in [-0.3, -0.25) is 19.5 Å². The van der Waals surface area contributed by atoms with Crippen molar-refractivity contribution in [1.29, 1.82) is 0 Å². The van der Waals surface area contributed by atoms with Gasteiger partial charge in [0, 0.05) is 56.0 Å². The van der Waals surface area contributed by atoms with E-state index in [4.69, 9.17) is 9.47 Å². The summed E-state index contributed by atoms with van der Waals surface area (Å²) in [6, 6.07) is 5.30. The van der Waals surface area contributed by atoms with Crippen molar-refractivity contribution in [3.05, 3.63) is 48.2 Å². The number of rotatable bonds is 13. The highest BCUT2D eigenvalue weighted by atomic mass is 16.7. The molecule has 0 bridgehead atoms. The first kappa shape index (κ1) is 28.8. The van der Waals surface area contributed by atoms with E-state index in [0.29, 0.717) is 50.4 Å². The van der Waals surface area contributed by atoms with E-state index in [1.54, 1.807) is 6.20 Å². The van der Waals surface area contributed by atoms with Crippen LogP contribution < -0.4 is 9.47 Å². The molecule has 1 aromatic rings. The maximum absolute atomic E-state index is 13.5. The SMILES string of the molecule is CCCCN(CCCO)C(=O)CN1C[C@H](c2ccc3c(c2)OCO3)[C@@H](C(=O)O)[C@@H]1CCC1=NC=CC=C[C@@H]1C. The van der Waals surface area contributed by atoms with Gasteiger partial charge < -0.3 is 24.6 Å². The first-order valence-electron chi connectivity index (χ1n) is 14.1. The number of aliphatic hydroxyl groups is 1. The largest absolute Gasteiger partial charge is 0.481 e. The zero-order valence-electron chi connectivity index (χ0n) is 23.0. The standard InChI is InChI=1S/C30H41N3O6/c1-3-4-14-32(15-7-16-34)28(35)19-33-18-23(22-9-12-26-27(17-22)39-20-38-26)29(30(36)37)25(33)11-10-24-21(2)8-5-6-13-31-24/h5-6,8-9,12-13,17,21,23,25,29,34H,3-4,7,10-11,14-16,18-20H2,1-2H3,(H,36,37)/t21-,23+,25-,29+/m0/s1. The van der Waals surface area contributed by atoms with E-state index in [2.05, 4.69) is 29.8 Å². The zero-order chi connectivity index (χ0) is 27.8. The van der Waals surface area contributed by atoms with Gasteiger partial charge in [0.1, 0.15) is 0 Å². The molecule has 0 aromatic heterocycles. The van der Waals surface area contributed by atoms with Crippen molar-refractivity contribution in [2.45, 2.75) is 57.9 Å². The van der Waals surface area contributed by atoms with E-state index in [1.165, 1.54) is 0 Å². The normalized spacial score (nSPS) is 24.0. The van der Waals surface area contributed by atoms with E-state index >= 15 is 0 Å². The van der Waals surface area contributed by atoms with Crippen molar-refractivity contribution in [2.75, 3.05) is 39.6 Å². The lowest BCUT2D eigenvalue weighted by molar-refractivity contribution is -0.143. The molecule has 1 aromatic carbocycles. The van der Waals surface area contributed by atoms with Gasteiger partial charge in [0.25, 0.3) is 0 Å². The van der Waals surface area contributed by atoms with Crippen LogP contribution in [0.5, 0.6) is 11.5 Å². The van der Waals surface area contributed by atoms with E-state index < -0.39 is 11.9 Å². The predicted octanol–water partition coefficient (Wildman–Crippen LogP) is 3.84. The third-order valence-corrected chi connectivity index (χ3v) is 7.98. The second-order valence-corrected chi connectivity index (χ2v) is 10.6. The lowest BCUT2D eigenvalue weighted by atomic mass is 9.83. The van der Waals surface area contributed by atoms with Crippen LogP contribution >= 0.6 is 0 Å². The molecule has 0 unspecified atom stereocenters. The van der Waals surface area contributed by atoms with Gasteiger partial charge in [-0.05, 0) is 49.5 Å². The molecule has 4 rings (SSSR count). The highest BCUT2D eigenvalue weighted by Crippen LogP contribution is 2.43. The molecular formula is C30H41N3O6. The number of aliphatic imine (C=N–C) groups is 1. The van der Waals surface area contributed by atoms with Crippen molar-refractivity contribution in [1.82, 2.24) is 9.80 Å². The molecule has 1 amide bonds. The molecule has 0 aliphatic carbocycles. The number of fused-ring (bicyclic) bond motifs is 1. The Balaban J connectivity index is 1.60. The molecule has 4 atom stereocenters. The number of aliphatic hydroxyl groups excluding tert-OH is 1. The Morgan fingerprint density at radius 3 is 2.72 bits per heavy atom. The molecule has 1 fully saturated rings. The minimum absolute atomic E-state index is 0.0246. The van der Waals surface area contributed by atoms with E-state index in [0.717, 1.165) is 24.1 Å². The minimum atomic E-state index is -0.864. The highest BCUT2D eigenvalue weighted by Gasteiger charge is 2.47. The molecule has 2 N–H and O–H groups in total. The summed E-state index contributed by atoms with van der Waals surface area (Å²) in [6.45, 7) is 6.08. The van der Waals surface area contributed by atoms with Gasteiger partial charge in [0.05, 0.1) is 12.5 Å². The molecule has 9 nitrogen and oxygen atoms in total. The molecule has 1 saturated heterocycles. The summed E-state index contributed by atoms with van der Waals surface area (Å²) in [6.07, 6.45) is 11.4. The minimum Gasteiger partial charge on any atom is -0.481 e. The number of carbonyl (C=O) groups is 2. The Morgan fingerprint density at radius 1 is 1.15 bits per heavy atom. The topological polar surface area (TPSA) is 112 Å². The van der Waals surface area contributed by atoms with Crippen LogP contribution in [-0.2, 0) is 9.59 Å². The quantitative estimate of drug-likeness (QED) is 0.392. The Labute approximate surface area is 230 Å². The monoisotopic (exact) mass is 539 g/mol. The molecule has 0 saturated carbocycles. The number of aliphatic carboxylic acids is 1. The predicted molar refractivity (Wildman–Crippen MR) is 149 cm³/mol. The number of benzene rings is 1. The Bertz CT molecular complexity index is 1090. The number of likely N-dealkylation sites (tertiary alicyclic amines) is 1. The van der Waals surface area contributed by atoms with E-state index in [9.17, 15) is 19.8 Å². The van der Waals surface area contributed by atoms with E-state index in [-0.39, 0.29) is 43.7 Å². The van der Waals surface area contributed by atoms with Gasteiger partial charge in [-0.25, -0.2) is 0 Å². The summed E-state index contributed by atoms with van der Waals surface area (Å²) < 4.78 is 11.0. The number of carboxylic acid groups (broad SMARTS) is 1. The summed E-state index contributed by atoms with van der Waals surface area (Å²) in [7, 11) is 0. The van der Waals surface area contributed by atoms with Crippen LogP contribution in [0.15, 0.2) is 47.6 Å². The Kier molecular flexibility index (Phi) is 10.2. The molecule has 0 spiro atoms. The highest BCUT2D eigenvalue weighted by molar-refractivity contribution is 5.89. The van der Waals surface area contributed by atoms with Gasteiger partial charge in [-0.15, -0.1) is 0 Å². The molecule has 39 heavy (non-hydrogen) atoms. The number of allylic oxidation sites excluding steroid dienone is 3. The van der Waals surface area contributed by atoms with Crippen LogP contribution in [0.2, 0.25) is 0 Å². The number of ether oxygens (including phenoxy) is 2. The number of carboxylic acids is 1. The molecule has 3 aliphatic rings. The number of amides is 1. The molecule has 9 heteroatoms. The number of hydrogen-bond donors (Lipinski definition) is 2. The average Bonchev–Trinajstić information content (AvgIpc) is 3.48. The zero-order valence-corrected chi connectivity index (χ0v) is 23.0. The third kappa shape index (κ3) is 7.08. The molecule has 3 heterocycles. The van der Waals surface area contributed by atoms with Crippen LogP contribution in [0.4, 0.5) is 0 Å². The second kappa shape index (κ2) is 13.8. The molecule has 0 radical (unpaired) electrons. The summed E-state index contributed by atoms with van der Waals surface area (Å²) >= 11 is 0. The average molecular weight is 540 g/mol. The fourth-order valence-corrected chi connectivity index (χ4v) is 5.82. The number of nitrogens with zero attached hydrogens (tertiary/aromatic N) is 3. The summed E-state index contributed by atoms with van der Waals surface area (Å²) in [5.74, 6) is -0.439. The smallest absolute Gasteiger partial charge is 0.308 e. The second-order valence-electron chi connectivity index (χ2n) is 10.6. The molecule has 3 aliphatic heterocycles. The van der Waals surface area contributed by atoms with Crippen LogP contribution in [0.25, 0.3) is 0 Å². The van der Waals surface area contributed by atoms with Gasteiger partial charge >= 0.3 is 5.97 Å². The third-order valence-electron chi connectivity index (χ3n) is 7.98. The number of carbonyl (C=O) groups excluding carboxylic acids is 1. The fourth-order valence-electron chi connectivity index (χ4n) is 5.82. The molecule has 212 valence electrons. The fraction of sp³-hybridized carbons (Fsp3) is 0.567. The Hall–Kier alpha value is -3.17. The maximum atomic E-state index is 13.5. The number of unbranched alkanes of at least 4 members (excludes halogenated alkanes) is 1. The molecular weight excluding hydrogens is 498 g/mol. The van der Waals surface area contributed by atoms with Crippen LogP contribution in [-0.4, -0.2) is 83.2 Å². The van der Waals surface area contributed by atoms with Crippen molar-refractivity contribution < 1.29 is 29.3 Å². The first-order valence-corrected chi connectivity index (χ1v) is 14.1. The summed E-state index contributed by atoms with van der Waals surface area (Å²) in [4.78, 5) is 34.8. The van der Waals surface area contributed by atoms with Gasteiger partial charge in [0.2, 0.25) is 12.7 Å². The van der Waals surface area contributed by atoms with Crippen LogP contribution in [0, 0.1) is 11.8 Å². The maximum Gasteiger partial charge on any atom is 0.308 e. The van der Waals surface area contributed by atoms with Gasteiger partial charge in [-0.2, -0.15) is 0 Å². The number of hydrogen-bond acceptors (Lipinski definition) is 7.